The molecule has 0 amide bonds. The molecule has 0 unspecified atom stereocenters. The molecule has 3 fully saturated rings. The van der Waals surface area contributed by atoms with E-state index >= 15 is 0 Å². The van der Waals surface area contributed by atoms with Crippen LogP contribution in [-0.2, 0) is 0 Å². The SMILES string of the molecule is CC(C)[C@@H](C)[C@@H](C)C[C@@H](C)[C@H]1CC[C@H]2[C@@H]3CC=C4C[C@@H](O)CC[C@]4(C)[C@H]3CC[C@]12C. The van der Waals surface area contributed by atoms with Gasteiger partial charge in [-0.25, -0.2) is 0 Å². The van der Waals surface area contributed by atoms with Crippen LogP contribution in [-0.4, -0.2) is 11.2 Å². The number of fused-ring (bicyclic) bond motifs is 5. The summed E-state index contributed by atoms with van der Waals surface area (Å²) in [5.74, 6) is 6.97. The average Bonchev–Trinajstić information content (AvgIpc) is 3.05. The fourth-order valence-electron chi connectivity index (χ4n) is 9.24. The van der Waals surface area contributed by atoms with Crippen LogP contribution < -0.4 is 0 Å². The van der Waals surface area contributed by atoms with Gasteiger partial charge in [-0.3, -0.25) is 0 Å². The molecule has 0 radical (unpaired) electrons. The second kappa shape index (κ2) is 8.24. The van der Waals surface area contributed by atoms with Gasteiger partial charge in [-0.1, -0.05) is 60.1 Å². The molecule has 0 aromatic carbocycles. The monoisotopic (exact) mass is 414 g/mol. The van der Waals surface area contributed by atoms with E-state index in [1.54, 1.807) is 5.57 Å². The van der Waals surface area contributed by atoms with Crippen LogP contribution in [0.25, 0.3) is 0 Å². The molecule has 4 aliphatic carbocycles. The largest absolute Gasteiger partial charge is 0.393 e. The minimum atomic E-state index is -0.0818. The van der Waals surface area contributed by atoms with E-state index in [1.165, 1.54) is 44.9 Å². The second-order valence-electron chi connectivity index (χ2n) is 13.2. The third kappa shape index (κ3) is 3.64. The van der Waals surface area contributed by atoms with Gasteiger partial charge < -0.3 is 5.11 Å². The van der Waals surface area contributed by atoms with E-state index in [1.807, 2.05) is 0 Å². The first kappa shape index (κ1) is 22.9. The highest BCUT2D eigenvalue weighted by Gasteiger charge is 2.59. The van der Waals surface area contributed by atoms with Crippen LogP contribution in [0.3, 0.4) is 0 Å². The normalized spacial score (nSPS) is 46.4. The van der Waals surface area contributed by atoms with Gasteiger partial charge in [0.15, 0.2) is 0 Å². The van der Waals surface area contributed by atoms with Crippen molar-refractivity contribution in [2.45, 2.75) is 112 Å². The highest BCUT2D eigenvalue weighted by atomic mass is 16.3. The standard InChI is InChI=1S/C29H50O/c1-18(2)21(5)19(3)16-20(4)25-10-11-26-24-9-8-22-17-23(30)12-14-28(22,6)27(24)13-15-29(25,26)7/h8,18-21,23-27,30H,9-17H2,1-7H3/t19-,20+,21+,23-,24-,25+,26-,27-,28-,29+/m0/s1. The molecule has 0 bridgehead atoms. The maximum atomic E-state index is 10.2. The lowest BCUT2D eigenvalue weighted by atomic mass is 9.47. The molecule has 10 atom stereocenters. The first-order chi connectivity index (χ1) is 14.1. The van der Waals surface area contributed by atoms with Crippen LogP contribution in [0.2, 0.25) is 0 Å². The lowest BCUT2D eigenvalue weighted by molar-refractivity contribution is -0.0584. The molecule has 0 aromatic rings. The third-order valence-electron chi connectivity index (χ3n) is 11.5. The average molecular weight is 415 g/mol. The Morgan fingerprint density at radius 1 is 0.967 bits per heavy atom. The molecule has 0 saturated heterocycles. The molecule has 1 heteroatoms. The molecule has 0 aliphatic heterocycles. The van der Waals surface area contributed by atoms with Gasteiger partial charge in [0.25, 0.3) is 0 Å². The number of allylic oxidation sites excluding steroid dienone is 1. The number of aliphatic hydroxyl groups is 1. The molecule has 3 saturated carbocycles. The zero-order valence-electron chi connectivity index (χ0n) is 21.1. The quantitative estimate of drug-likeness (QED) is 0.454. The van der Waals surface area contributed by atoms with Gasteiger partial charge in [-0.2, -0.15) is 0 Å². The van der Waals surface area contributed by atoms with E-state index in [9.17, 15) is 5.11 Å². The van der Waals surface area contributed by atoms with Gasteiger partial charge in [0.05, 0.1) is 6.10 Å². The summed E-state index contributed by atoms with van der Waals surface area (Å²) in [6.07, 6.45) is 14.2. The molecule has 30 heavy (non-hydrogen) atoms. The van der Waals surface area contributed by atoms with Crippen molar-refractivity contribution in [1.82, 2.24) is 0 Å². The van der Waals surface area contributed by atoms with E-state index in [4.69, 9.17) is 0 Å². The molecular weight excluding hydrogens is 364 g/mol. The van der Waals surface area contributed by atoms with Crippen LogP contribution in [0.1, 0.15) is 106 Å². The lowest BCUT2D eigenvalue weighted by Gasteiger charge is -2.58. The Balaban J connectivity index is 1.50. The van der Waals surface area contributed by atoms with Crippen molar-refractivity contribution < 1.29 is 5.11 Å². The molecule has 4 aliphatic rings. The maximum Gasteiger partial charge on any atom is 0.0577 e. The van der Waals surface area contributed by atoms with Gasteiger partial charge >= 0.3 is 0 Å². The Labute approximate surface area is 187 Å². The van der Waals surface area contributed by atoms with E-state index in [-0.39, 0.29) is 6.10 Å². The number of hydrogen-bond donors (Lipinski definition) is 1. The van der Waals surface area contributed by atoms with Crippen molar-refractivity contribution in [2.75, 3.05) is 0 Å². The molecule has 1 nitrogen and oxygen atoms in total. The van der Waals surface area contributed by atoms with Crippen molar-refractivity contribution in [3.63, 3.8) is 0 Å². The lowest BCUT2D eigenvalue weighted by Crippen LogP contribution is -2.50. The highest BCUT2D eigenvalue weighted by molar-refractivity contribution is 5.25. The summed E-state index contributed by atoms with van der Waals surface area (Å²) in [6.45, 7) is 17.6. The highest BCUT2D eigenvalue weighted by Crippen LogP contribution is 2.67. The fraction of sp³-hybridized carbons (Fsp3) is 0.931. The molecule has 0 heterocycles. The second-order valence-corrected chi connectivity index (χ2v) is 13.2. The predicted octanol–water partition coefficient (Wildman–Crippen LogP) is 7.88. The Kier molecular flexibility index (Phi) is 6.28. The van der Waals surface area contributed by atoms with Crippen molar-refractivity contribution in [2.24, 2.45) is 58.2 Å². The Bertz CT molecular complexity index is 649. The van der Waals surface area contributed by atoms with Gasteiger partial charge in [0, 0.05) is 0 Å². The molecule has 0 spiro atoms. The van der Waals surface area contributed by atoms with Crippen LogP contribution in [0.5, 0.6) is 0 Å². The van der Waals surface area contributed by atoms with Crippen molar-refractivity contribution in [3.8, 4) is 0 Å². The first-order valence-corrected chi connectivity index (χ1v) is 13.5. The molecule has 4 rings (SSSR count). The number of rotatable bonds is 5. The van der Waals surface area contributed by atoms with Gasteiger partial charge in [-0.15, -0.1) is 0 Å². The van der Waals surface area contributed by atoms with Crippen molar-refractivity contribution >= 4 is 0 Å². The van der Waals surface area contributed by atoms with Crippen LogP contribution in [0.15, 0.2) is 11.6 Å². The number of hydrogen-bond acceptors (Lipinski definition) is 1. The Morgan fingerprint density at radius 3 is 2.40 bits per heavy atom. The maximum absolute atomic E-state index is 10.2. The van der Waals surface area contributed by atoms with E-state index < -0.39 is 0 Å². The van der Waals surface area contributed by atoms with Crippen molar-refractivity contribution in [3.05, 3.63) is 11.6 Å². The van der Waals surface area contributed by atoms with Crippen LogP contribution in [0.4, 0.5) is 0 Å². The van der Waals surface area contributed by atoms with E-state index in [0.29, 0.717) is 10.8 Å². The van der Waals surface area contributed by atoms with Gasteiger partial charge in [0.1, 0.15) is 0 Å². The molecule has 172 valence electrons. The number of aliphatic hydroxyl groups excluding tert-OH is 1. The zero-order valence-corrected chi connectivity index (χ0v) is 21.1. The summed E-state index contributed by atoms with van der Waals surface area (Å²) in [5.41, 5.74) is 2.57. The van der Waals surface area contributed by atoms with Crippen molar-refractivity contribution in [1.29, 1.82) is 0 Å². The minimum absolute atomic E-state index is 0.0818. The summed E-state index contributed by atoms with van der Waals surface area (Å²) in [5, 5.41) is 10.2. The van der Waals surface area contributed by atoms with Gasteiger partial charge in [-0.05, 0) is 116 Å². The summed E-state index contributed by atoms with van der Waals surface area (Å²) in [7, 11) is 0. The predicted molar refractivity (Wildman–Crippen MR) is 128 cm³/mol. The van der Waals surface area contributed by atoms with Crippen LogP contribution >= 0.6 is 0 Å². The summed E-state index contributed by atoms with van der Waals surface area (Å²) < 4.78 is 0. The topological polar surface area (TPSA) is 20.2 Å². The van der Waals surface area contributed by atoms with E-state index in [2.05, 4.69) is 54.5 Å². The third-order valence-corrected chi connectivity index (χ3v) is 11.5. The minimum Gasteiger partial charge on any atom is -0.393 e. The summed E-state index contributed by atoms with van der Waals surface area (Å²) >= 11 is 0. The first-order valence-electron chi connectivity index (χ1n) is 13.5. The van der Waals surface area contributed by atoms with E-state index in [0.717, 1.165) is 60.2 Å². The fourth-order valence-corrected chi connectivity index (χ4v) is 9.24. The Hall–Kier alpha value is -0.300. The smallest absolute Gasteiger partial charge is 0.0577 e. The van der Waals surface area contributed by atoms with Crippen LogP contribution in [0, 0.1) is 58.2 Å². The zero-order chi connectivity index (χ0) is 21.8. The molecule has 1 N–H and O–H groups in total. The Morgan fingerprint density at radius 2 is 1.70 bits per heavy atom. The molecule has 0 aromatic heterocycles. The van der Waals surface area contributed by atoms with Gasteiger partial charge in [0.2, 0.25) is 0 Å². The molecular formula is C29H50O. The summed E-state index contributed by atoms with van der Waals surface area (Å²) in [4.78, 5) is 0. The summed E-state index contributed by atoms with van der Waals surface area (Å²) in [6, 6.07) is 0.